The largest absolute Gasteiger partial charge is 0.380 e. The molecule has 1 saturated carbocycles. The maximum Gasteiger partial charge on any atom is 0.228 e. The first-order valence-corrected chi connectivity index (χ1v) is 9.47. The minimum Gasteiger partial charge on any atom is -0.380 e. The average molecular weight is 324 g/mol. The number of hydrogen-bond donors (Lipinski definition) is 0. The van der Waals surface area contributed by atoms with E-state index in [0.717, 1.165) is 25.7 Å². The van der Waals surface area contributed by atoms with E-state index in [-0.39, 0.29) is 11.8 Å². The highest BCUT2D eigenvalue weighted by atomic mass is 19.1. The maximum absolute atomic E-state index is 13.3. The third kappa shape index (κ3) is 3.14. The Hall–Kier alpha value is -0.680. The van der Waals surface area contributed by atoms with Crippen molar-refractivity contribution in [2.75, 3.05) is 39.4 Å². The minimum atomic E-state index is -0.723. The van der Waals surface area contributed by atoms with Crippen molar-refractivity contribution in [1.29, 1.82) is 0 Å². The van der Waals surface area contributed by atoms with E-state index in [9.17, 15) is 9.18 Å². The number of fused-ring (bicyclic) bond motifs is 1. The van der Waals surface area contributed by atoms with Crippen molar-refractivity contribution in [2.45, 2.75) is 50.7 Å². The first kappa shape index (κ1) is 15.8. The molecule has 0 aromatic rings. The molecule has 3 saturated heterocycles. The van der Waals surface area contributed by atoms with E-state index >= 15 is 0 Å². The van der Waals surface area contributed by atoms with E-state index in [1.54, 1.807) is 0 Å². The average Bonchev–Trinajstić information content (AvgIpc) is 3.23. The van der Waals surface area contributed by atoms with Gasteiger partial charge in [0.15, 0.2) is 0 Å². The molecule has 0 bridgehead atoms. The summed E-state index contributed by atoms with van der Waals surface area (Å²) in [4.78, 5) is 17.5. The van der Waals surface area contributed by atoms with Crippen LogP contribution in [-0.2, 0) is 9.53 Å². The lowest BCUT2D eigenvalue weighted by atomic mass is 9.81. The Bertz CT molecular complexity index is 433. The van der Waals surface area contributed by atoms with Crippen LogP contribution in [0, 0.1) is 17.8 Å². The zero-order valence-corrected chi connectivity index (χ0v) is 14.0. The minimum absolute atomic E-state index is 0.00341. The molecule has 4 fully saturated rings. The molecule has 0 aromatic carbocycles. The van der Waals surface area contributed by atoms with Gasteiger partial charge >= 0.3 is 0 Å². The molecule has 0 spiro atoms. The molecule has 3 aliphatic heterocycles. The molecule has 0 N–H and O–H groups in total. The van der Waals surface area contributed by atoms with Gasteiger partial charge in [-0.25, -0.2) is 4.39 Å². The summed E-state index contributed by atoms with van der Waals surface area (Å²) in [5, 5.41) is 0. The predicted octanol–water partition coefficient (Wildman–Crippen LogP) is 2.08. The summed E-state index contributed by atoms with van der Waals surface area (Å²) >= 11 is 0. The molecule has 0 radical (unpaired) electrons. The molecule has 3 atom stereocenters. The van der Waals surface area contributed by atoms with Crippen LogP contribution >= 0.6 is 0 Å². The summed E-state index contributed by atoms with van der Waals surface area (Å²) in [7, 11) is 0. The van der Waals surface area contributed by atoms with Crippen molar-refractivity contribution in [3.63, 3.8) is 0 Å². The second kappa shape index (κ2) is 6.67. The Balaban J connectivity index is 1.41. The molecule has 4 nitrogen and oxygen atoms in total. The number of alkyl halides is 1. The molecular formula is C18H29FN2O2. The highest BCUT2D eigenvalue weighted by Crippen LogP contribution is 2.38. The Kier molecular flexibility index (Phi) is 4.59. The molecule has 130 valence electrons. The van der Waals surface area contributed by atoms with Crippen molar-refractivity contribution >= 4 is 5.91 Å². The topological polar surface area (TPSA) is 32.8 Å². The van der Waals surface area contributed by atoms with Crippen LogP contribution in [0.15, 0.2) is 0 Å². The van der Waals surface area contributed by atoms with E-state index in [1.165, 1.54) is 25.7 Å². The molecular weight excluding hydrogens is 295 g/mol. The molecule has 4 rings (SSSR count). The molecule has 1 aliphatic carbocycles. The van der Waals surface area contributed by atoms with Crippen LogP contribution in [0.5, 0.6) is 0 Å². The van der Waals surface area contributed by atoms with Gasteiger partial charge in [0.1, 0.15) is 6.17 Å². The van der Waals surface area contributed by atoms with Gasteiger partial charge in [0, 0.05) is 32.2 Å². The number of ether oxygens (including phenoxy) is 1. The predicted molar refractivity (Wildman–Crippen MR) is 85.8 cm³/mol. The van der Waals surface area contributed by atoms with E-state index < -0.39 is 6.17 Å². The summed E-state index contributed by atoms with van der Waals surface area (Å²) in [6, 6.07) is 0.735. The highest BCUT2D eigenvalue weighted by Gasteiger charge is 2.46. The van der Waals surface area contributed by atoms with Gasteiger partial charge in [0.2, 0.25) is 5.91 Å². The number of amides is 1. The number of piperidine rings is 1. The second-order valence-corrected chi connectivity index (χ2v) is 7.96. The van der Waals surface area contributed by atoms with Gasteiger partial charge in [0.05, 0.1) is 19.1 Å². The molecule has 4 aliphatic rings. The first-order chi connectivity index (χ1) is 11.2. The quantitative estimate of drug-likeness (QED) is 0.780. The summed E-state index contributed by atoms with van der Waals surface area (Å²) in [6.07, 6.45) is 5.63. The Morgan fingerprint density at radius 3 is 2.48 bits per heavy atom. The van der Waals surface area contributed by atoms with E-state index in [2.05, 4.69) is 4.90 Å². The van der Waals surface area contributed by atoms with Gasteiger partial charge in [-0.2, -0.15) is 0 Å². The number of carbonyl (C=O) groups is 1. The Morgan fingerprint density at radius 1 is 1.00 bits per heavy atom. The van der Waals surface area contributed by atoms with Crippen molar-refractivity contribution < 1.29 is 13.9 Å². The second-order valence-electron chi connectivity index (χ2n) is 7.96. The van der Waals surface area contributed by atoms with Crippen LogP contribution < -0.4 is 0 Å². The number of likely N-dealkylation sites (tertiary alicyclic amines) is 2. The Labute approximate surface area is 138 Å². The molecule has 0 aromatic heterocycles. The van der Waals surface area contributed by atoms with Crippen LogP contribution in [0.3, 0.4) is 0 Å². The van der Waals surface area contributed by atoms with Gasteiger partial charge < -0.3 is 9.64 Å². The fourth-order valence-electron chi connectivity index (χ4n) is 5.16. The normalized spacial score (nSPS) is 37.3. The highest BCUT2D eigenvalue weighted by molar-refractivity contribution is 5.79. The third-order valence-corrected chi connectivity index (χ3v) is 6.56. The summed E-state index contributed by atoms with van der Waals surface area (Å²) in [5.41, 5.74) is 0. The van der Waals surface area contributed by atoms with Crippen molar-refractivity contribution in [3.8, 4) is 0 Å². The van der Waals surface area contributed by atoms with Crippen molar-refractivity contribution in [1.82, 2.24) is 9.80 Å². The fraction of sp³-hybridized carbons (Fsp3) is 0.944. The van der Waals surface area contributed by atoms with Crippen LogP contribution in [0.25, 0.3) is 0 Å². The zero-order chi connectivity index (χ0) is 15.8. The van der Waals surface area contributed by atoms with Gasteiger partial charge in [-0.3, -0.25) is 9.69 Å². The van der Waals surface area contributed by atoms with Crippen LogP contribution in [0.2, 0.25) is 0 Å². The van der Waals surface area contributed by atoms with E-state index in [0.29, 0.717) is 44.4 Å². The number of rotatable bonds is 2. The lowest BCUT2D eigenvalue weighted by Gasteiger charge is -2.37. The maximum atomic E-state index is 13.3. The summed E-state index contributed by atoms with van der Waals surface area (Å²) < 4.78 is 19.1. The number of halogens is 1. The van der Waals surface area contributed by atoms with E-state index in [1.807, 2.05) is 4.90 Å². The molecule has 3 heterocycles. The Morgan fingerprint density at radius 2 is 1.74 bits per heavy atom. The zero-order valence-electron chi connectivity index (χ0n) is 14.0. The third-order valence-electron chi connectivity index (χ3n) is 6.56. The van der Waals surface area contributed by atoms with Gasteiger partial charge in [-0.1, -0.05) is 12.8 Å². The lowest BCUT2D eigenvalue weighted by Crippen LogP contribution is -2.49. The summed E-state index contributed by atoms with van der Waals surface area (Å²) in [5.74, 6) is 1.17. The summed E-state index contributed by atoms with van der Waals surface area (Å²) in [6.45, 7) is 4.71. The van der Waals surface area contributed by atoms with Gasteiger partial charge in [-0.15, -0.1) is 0 Å². The van der Waals surface area contributed by atoms with E-state index in [4.69, 9.17) is 4.74 Å². The molecule has 1 amide bonds. The number of hydrogen-bond acceptors (Lipinski definition) is 3. The fourth-order valence-corrected chi connectivity index (χ4v) is 5.16. The smallest absolute Gasteiger partial charge is 0.228 e. The van der Waals surface area contributed by atoms with Crippen molar-refractivity contribution in [3.05, 3.63) is 0 Å². The molecule has 5 heteroatoms. The first-order valence-electron chi connectivity index (χ1n) is 9.47. The molecule has 23 heavy (non-hydrogen) atoms. The monoisotopic (exact) mass is 324 g/mol. The van der Waals surface area contributed by atoms with Crippen LogP contribution in [0.1, 0.15) is 38.5 Å². The van der Waals surface area contributed by atoms with Crippen LogP contribution in [0.4, 0.5) is 4.39 Å². The van der Waals surface area contributed by atoms with Crippen LogP contribution in [-0.4, -0.2) is 67.3 Å². The van der Waals surface area contributed by atoms with Gasteiger partial charge in [-0.05, 0) is 37.5 Å². The standard InChI is InChI=1S/C18H29FN2O2/c19-14-5-7-20(8-6-14)18(22)17-12-23-11-13-9-21(10-16(13)17)15-3-1-2-4-15/h13-17H,1-12H2/t13-,16-,17+/m0/s1. The number of carbonyl (C=O) groups excluding carboxylic acids is 1. The lowest BCUT2D eigenvalue weighted by molar-refractivity contribution is -0.145. The molecule has 0 unspecified atom stereocenters. The van der Waals surface area contributed by atoms with Gasteiger partial charge in [0.25, 0.3) is 0 Å². The van der Waals surface area contributed by atoms with Crippen molar-refractivity contribution in [2.24, 2.45) is 17.8 Å². The number of nitrogens with zero attached hydrogens (tertiary/aromatic N) is 2. The SMILES string of the molecule is O=C([C@@H]1COC[C@@H]2CN(C3CCCC3)C[C@@H]21)N1CCC(F)CC1.